The second-order valence-electron chi connectivity index (χ2n) is 6.51. The Morgan fingerprint density at radius 2 is 2.11 bits per heavy atom. The van der Waals surface area contributed by atoms with Crippen LogP contribution in [0.2, 0.25) is 0 Å². The number of ether oxygens (including phenoxy) is 1. The predicted octanol–water partition coefficient (Wildman–Crippen LogP) is 5.75. The van der Waals surface area contributed by atoms with E-state index in [-0.39, 0.29) is 17.7 Å². The van der Waals surface area contributed by atoms with Crippen molar-refractivity contribution in [3.8, 4) is 0 Å². The molecule has 2 atom stereocenters. The second-order valence-corrected chi connectivity index (χ2v) is 8.68. The van der Waals surface area contributed by atoms with Crippen molar-refractivity contribution in [3.63, 3.8) is 0 Å². The van der Waals surface area contributed by atoms with Crippen molar-refractivity contribution < 1.29 is 27.8 Å². The van der Waals surface area contributed by atoms with Crippen LogP contribution in [0.1, 0.15) is 36.8 Å². The third-order valence-corrected chi connectivity index (χ3v) is 5.77. The first-order valence-corrected chi connectivity index (χ1v) is 11.2. The molecule has 1 aliphatic carbocycles. The minimum Gasteiger partial charge on any atom is -0.481 e. The summed E-state index contributed by atoms with van der Waals surface area (Å²) in [5.74, 6) is 1.66. The lowest BCUT2D eigenvalue weighted by Gasteiger charge is -2.11. The van der Waals surface area contributed by atoms with Gasteiger partial charge in [-0.25, -0.2) is 0 Å². The van der Waals surface area contributed by atoms with E-state index in [1.54, 1.807) is 6.07 Å². The SMILES string of the molecule is FC(F)(F)c1cccc(COC[C@H]2CC[C@@H](Cl)C2)c1.O=C(O)CSCCCS. The van der Waals surface area contributed by atoms with Gasteiger partial charge in [-0.05, 0) is 60.8 Å². The van der Waals surface area contributed by atoms with E-state index < -0.39 is 17.7 Å². The number of aliphatic carboxylic acids is 1. The Kier molecular flexibility index (Phi) is 12.4. The molecule has 1 fully saturated rings. The van der Waals surface area contributed by atoms with Gasteiger partial charge in [-0.1, -0.05) is 12.1 Å². The molecule has 0 aromatic heterocycles. The fraction of sp³-hybridized carbons (Fsp3) is 0.632. The van der Waals surface area contributed by atoms with E-state index >= 15 is 0 Å². The molecular formula is C19H26ClF3O3S2. The summed E-state index contributed by atoms with van der Waals surface area (Å²) in [6.07, 6.45) is -0.339. The molecule has 0 saturated heterocycles. The van der Waals surface area contributed by atoms with Crippen molar-refractivity contribution in [2.24, 2.45) is 5.92 Å². The summed E-state index contributed by atoms with van der Waals surface area (Å²) in [7, 11) is 0. The summed E-state index contributed by atoms with van der Waals surface area (Å²) >= 11 is 11.4. The van der Waals surface area contributed by atoms with Gasteiger partial charge in [0.2, 0.25) is 0 Å². The maximum atomic E-state index is 12.5. The molecule has 1 aromatic carbocycles. The second kappa shape index (κ2) is 13.6. The summed E-state index contributed by atoms with van der Waals surface area (Å²) in [5.41, 5.74) is -0.0782. The van der Waals surface area contributed by atoms with Gasteiger partial charge in [-0.15, -0.1) is 11.6 Å². The van der Waals surface area contributed by atoms with Gasteiger partial charge in [-0.3, -0.25) is 4.79 Å². The predicted molar refractivity (Wildman–Crippen MR) is 112 cm³/mol. The van der Waals surface area contributed by atoms with Gasteiger partial charge in [-0.2, -0.15) is 37.6 Å². The van der Waals surface area contributed by atoms with Crippen molar-refractivity contribution >= 4 is 42.0 Å². The van der Waals surface area contributed by atoms with Crippen molar-refractivity contribution in [1.29, 1.82) is 0 Å². The first-order chi connectivity index (χ1) is 13.2. The van der Waals surface area contributed by atoms with Crippen LogP contribution in [0.5, 0.6) is 0 Å². The van der Waals surface area contributed by atoms with Crippen LogP contribution in [0.25, 0.3) is 0 Å². The van der Waals surface area contributed by atoms with Gasteiger partial charge in [0.1, 0.15) is 0 Å². The number of alkyl halides is 4. The van der Waals surface area contributed by atoms with Crippen LogP contribution in [0.3, 0.4) is 0 Å². The lowest BCUT2D eigenvalue weighted by molar-refractivity contribution is -0.137. The molecule has 0 amide bonds. The van der Waals surface area contributed by atoms with Gasteiger partial charge in [0, 0.05) is 12.0 Å². The fourth-order valence-corrected chi connectivity index (χ4v) is 4.09. The highest BCUT2D eigenvalue weighted by atomic mass is 35.5. The van der Waals surface area contributed by atoms with Crippen LogP contribution in [-0.2, 0) is 22.3 Å². The Labute approximate surface area is 178 Å². The molecule has 2 rings (SSSR count). The highest BCUT2D eigenvalue weighted by molar-refractivity contribution is 7.99. The zero-order chi connectivity index (χ0) is 21.0. The molecule has 0 radical (unpaired) electrons. The molecule has 1 N–H and O–H groups in total. The number of thioether (sulfide) groups is 1. The van der Waals surface area contributed by atoms with E-state index in [4.69, 9.17) is 21.4 Å². The number of hydrogen-bond donors (Lipinski definition) is 2. The zero-order valence-corrected chi connectivity index (χ0v) is 17.9. The van der Waals surface area contributed by atoms with Crippen LogP contribution in [-0.4, -0.2) is 40.3 Å². The van der Waals surface area contributed by atoms with E-state index in [9.17, 15) is 18.0 Å². The summed E-state index contributed by atoms with van der Waals surface area (Å²) in [4.78, 5) is 9.92. The minimum absolute atomic E-state index is 0.216. The zero-order valence-electron chi connectivity index (χ0n) is 15.5. The van der Waals surface area contributed by atoms with Crippen LogP contribution < -0.4 is 0 Å². The van der Waals surface area contributed by atoms with Crippen molar-refractivity contribution in [2.75, 3.05) is 23.9 Å². The van der Waals surface area contributed by atoms with Crippen molar-refractivity contribution in [1.82, 2.24) is 0 Å². The average molecular weight is 459 g/mol. The molecule has 28 heavy (non-hydrogen) atoms. The number of halogens is 4. The largest absolute Gasteiger partial charge is 0.481 e. The number of carboxylic acid groups (broad SMARTS) is 1. The van der Waals surface area contributed by atoms with Crippen LogP contribution in [0, 0.1) is 5.92 Å². The van der Waals surface area contributed by atoms with Gasteiger partial charge in [0.15, 0.2) is 0 Å². The van der Waals surface area contributed by atoms with E-state index in [1.807, 2.05) is 0 Å². The fourth-order valence-electron chi connectivity index (χ4n) is 2.67. The lowest BCUT2D eigenvalue weighted by Crippen LogP contribution is -2.08. The summed E-state index contributed by atoms with van der Waals surface area (Å²) in [6.45, 7) is 0.785. The van der Waals surface area contributed by atoms with Gasteiger partial charge < -0.3 is 9.84 Å². The Hall–Kier alpha value is -0.570. The number of hydrogen-bond acceptors (Lipinski definition) is 4. The van der Waals surface area contributed by atoms with Crippen LogP contribution >= 0.6 is 36.0 Å². The van der Waals surface area contributed by atoms with Crippen LogP contribution in [0.4, 0.5) is 13.2 Å². The normalized spacial score (nSPS) is 19.2. The summed E-state index contributed by atoms with van der Waals surface area (Å²) in [5, 5.41) is 8.40. The Morgan fingerprint density at radius 1 is 1.36 bits per heavy atom. The highest BCUT2D eigenvalue weighted by Gasteiger charge is 2.30. The molecule has 9 heteroatoms. The number of benzene rings is 1. The lowest BCUT2D eigenvalue weighted by atomic mass is 10.1. The molecule has 3 nitrogen and oxygen atoms in total. The summed E-state index contributed by atoms with van der Waals surface area (Å²) < 4.78 is 43.1. The monoisotopic (exact) mass is 458 g/mol. The number of carboxylic acids is 1. The van der Waals surface area contributed by atoms with E-state index in [0.29, 0.717) is 18.1 Å². The minimum atomic E-state index is -4.30. The Bertz CT molecular complexity index is 588. The van der Waals surface area contributed by atoms with Crippen molar-refractivity contribution in [3.05, 3.63) is 35.4 Å². The Balaban J connectivity index is 0.000000370. The highest BCUT2D eigenvalue weighted by Crippen LogP contribution is 2.31. The molecule has 160 valence electrons. The van der Waals surface area contributed by atoms with E-state index in [2.05, 4.69) is 12.6 Å². The number of rotatable bonds is 9. The molecule has 1 saturated carbocycles. The van der Waals surface area contributed by atoms with Crippen LogP contribution in [0.15, 0.2) is 24.3 Å². The first kappa shape index (κ1) is 25.5. The molecular weight excluding hydrogens is 433 g/mol. The van der Waals surface area contributed by atoms with Crippen molar-refractivity contribution in [2.45, 2.75) is 43.8 Å². The average Bonchev–Trinajstić information content (AvgIpc) is 3.04. The molecule has 1 aliphatic rings. The molecule has 0 spiro atoms. The third-order valence-electron chi connectivity index (χ3n) is 4.03. The number of thiol groups is 1. The molecule has 0 aliphatic heterocycles. The maximum Gasteiger partial charge on any atom is 0.416 e. The first-order valence-electron chi connectivity index (χ1n) is 9.00. The maximum absolute atomic E-state index is 12.5. The smallest absolute Gasteiger partial charge is 0.416 e. The molecule has 0 heterocycles. The topological polar surface area (TPSA) is 46.5 Å². The van der Waals surface area contributed by atoms with E-state index in [0.717, 1.165) is 49.3 Å². The molecule has 0 bridgehead atoms. The quantitative estimate of drug-likeness (QED) is 0.281. The standard InChI is InChI=1S/C14H16ClF3O.C5H10O2S2/c15-13-5-4-11(7-13)9-19-8-10-2-1-3-12(6-10)14(16,17)18;6-5(7)4-9-3-1-2-8/h1-3,6,11,13H,4-5,7-9H2;8H,1-4H2,(H,6,7)/t11-,13+;/m0./s1. The van der Waals surface area contributed by atoms with E-state index in [1.165, 1.54) is 17.8 Å². The molecule has 0 unspecified atom stereocenters. The number of carbonyl (C=O) groups is 1. The Morgan fingerprint density at radius 3 is 2.68 bits per heavy atom. The van der Waals surface area contributed by atoms with Gasteiger partial charge >= 0.3 is 12.1 Å². The summed E-state index contributed by atoms with van der Waals surface area (Å²) in [6, 6.07) is 5.26. The molecule has 1 aromatic rings. The third kappa shape index (κ3) is 11.4. The van der Waals surface area contributed by atoms with Gasteiger partial charge in [0.25, 0.3) is 0 Å². The van der Waals surface area contributed by atoms with Gasteiger partial charge in [0.05, 0.1) is 17.9 Å².